The standard InChI is InChI=1S/C14H9FN2O2S/c15-9-4-6-10(7-5-9)20-13-12(14(18)19)17-8-2-1-3-11(17)16-13/h1-8H,(H,18,19). The number of fused-ring (bicyclic) bond motifs is 1. The Morgan fingerprint density at radius 2 is 1.95 bits per heavy atom. The number of aromatic carboxylic acids is 1. The van der Waals surface area contributed by atoms with Gasteiger partial charge in [-0.1, -0.05) is 17.8 Å². The van der Waals surface area contributed by atoms with Crippen LogP contribution in [0.2, 0.25) is 0 Å². The van der Waals surface area contributed by atoms with Crippen molar-refractivity contribution in [2.45, 2.75) is 9.92 Å². The van der Waals surface area contributed by atoms with E-state index < -0.39 is 5.97 Å². The van der Waals surface area contributed by atoms with E-state index in [1.807, 2.05) is 0 Å². The Labute approximate surface area is 117 Å². The smallest absolute Gasteiger partial charge is 0.355 e. The average Bonchev–Trinajstić information content (AvgIpc) is 2.79. The molecule has 0 amide bonds. The number of imidazole rings is 1. The van der Waals surface area contributed by atoms with Crippen LogP contribution in [0.25, 0.3) is 5.65 Å². The van der Waals surface area contributed by atoms with Crippen LogP contribution in [-0.2, 0) is 0 Å². The van der Waals surface area contributed by atoms with Crippen LogP contribution < -0.4 is 0 Å². The second kappa shape index (κ2) is 4.97. The van der Waals surface area contributed by atoms with Gasteiger partial charge >= 0.3 is 5.97 Å². The molecule has 0 atom stereocenters. The second-order valence-electron chi connectivity index (χ2n) is 4.06. The summed E-state index contributed by atoms with van der Waals surface area (Å²) >= 11 is 1.20. The van der Waals surface area contributed by atoms with Crippen LogP contribution in [0.5, 0.6) is 0 Å². The Hall–Kier alpha value is -2.34. The van der Waals surface area contributed by atoms with Crippen molar-refractivity contribution in [1.29, 1.82) is 0 Å². The van der Waals surface area contributed by atoms with Crippen molar-refractivity contribution >= 4 is 23.4 Å². The fraction of sp³-hybridized carbons (Fsp3) is 0. The molecule has 20 heavy (non-hydrogen) atoms. The summed E-state index contributed by atoms with van der Waals surface area (Å²) in [5.41, 5.74) is 0.671. The normalized spacial score (nSPS) is 10.8. The van der Waals surface area contributed by atoms with Crippen LogP contribution in [-0.4, -0.2) is 20.5 Å². The molecule has 100 valence electrons. The van der Waals surface area contributed by atoms with Gasteiger partial charge < -0.3 is 5.11 Å². The lowest BCUT2D eigenvalue weighted by Crippen LogP contribution is -2.02. The van der Waals surface area contributed by atoms with Gasteiger partial charge in [0.1, 0.15) is 16.5 Å². The van der Waals surface area contributed by atoms with E-state index in [0.717, 1.165) is 4.90 Å². The molecule has 0 unspecified atom stereocenters. The number of benzene rings is 1. The van der Waals surface area contributed by atoms with Gasteiger partial charge in [-0.05, 0) is 36.4 Å². The lowest BCUT2D eigenvalue weighted by atomic mass is 10.4. The lowest BCUT2D eigenvalue weighted by Gasteiger charge is -2.00. The summed E-state index contributed by atoms with van der Waals surface area (Å²) in [6.07, 6.45) is 1.65. The molecule has 0 aliphatic rings. The van der Waals surface area contributed by atoms with Gasteiger partial charge in [0.25, 0.3) is 0 Å². The van der Waals surface area contributed by atoms with E-state index in [2.05, 4.69) is 4.98 Å². The summed E-state index contributed by atoms with van der Waals surface area (Å²) < 4.78 is 14.4. The number of carboxylic acids is 1. The zero-order chi connectivity index (χ0) is 14.1. The molecule has 0 radical (unpaired) electrons. The van der Waals surface area contributed by atoms with Crippen molar-refractivity contribution in [2.75, 3.05) is 0 Å². The molecule has 2 heterocycles. The van der Waals surface area contributed by atoms with Crippen molar-refractivity contribution in [1.82, 2.24) is 9.38 Å². The van der Waals surface area contributed by atoms with Crippen LogP contribution in [0, 0.1) is 5.82 Å². The van der Waals surface area contributed by atoms with Crippen LogP contribution in [0.3, 0.4) is 0 Å². The van der Waals surface area contributed by atoms with Crippen LogP contribution >= 0.6 is 11.8 Å². The Bertz CT molecular complexity index is 783. The first-order valence-electron chi connectivity index (χ1n) is 5.79. The fourth-order valence-corrected chi connectivity index (χ4v) is 2.77. The number of carboxylic acid groups (broad SMARTS) is 1. The number of hydrogen-bond donors (Lipinski definition) is 1. The van der Waals surface area contributed by atoms with Crippen molar-refractivity contribution in [3.8, 4) is 0 Å². The maximum atomic E-state index is 12.9. The van der Waals surface area contributed by atoms with Gasteiger partial charge in [-0.2, -0.15) is 0 Å². The molecule has 0 aliphatic carbocycles. The molecule has 2 aromatic heterocycles. The SMILES string of the molecule is O=C(O)c1c(Sc2ccc(F)cc2)nc2ccccn12. The minimum atomic E-state index is -1.05. The molecular formula is C14H9FN2O2S. The van der Waals surface area contributed by atoms with E-state index in [1.54, 1.807) is 36.5 Å². The van der Waals surface area contributed by atoms with Crippen molar-refractivity contribution in [2.24, 2.45) is 0 Å². The van der Waals surface area contributed by atoms with E-state index in [1.165, 1.54) is 28.3 Å². The van der Waals surface area contributed by atoms with Gasteiger partial charge in [0.2, 0.25) is 0 Å². The molecule has 3 rings (SSSR count). The number of carbonyl (C=O) groups is 1. The minimum Gasteiger partial charge on any atom is -0.476 e. The second-order valence-corrected chi connectivity index (χ2v) is 5.12. The summed E-state index contributed by atoms with van der Waals surface area (Å²) in [5, 5.41) is 9.73. The first kappa shape index (κ1) is 12.7. The van der Waals surface area contributed by atoms with Crippen molar-refractivity contribution < 1.29 is 14.3 Å². The van der Waals surface area contributed by atoms with Gasteiger partial charge in [0.05, 0.1) is 0 Å². The zero-order valence-corrected chi connectivity index (χ0v) is 11.0. The molecule has 3 aromatic rings. The topological polar surface area (TPSA) is 54.6 Å². The van der Waals surface area contributed by atoms with Crippen molar-refractivity contribution in [3.05, 3.63) is 60.2 Å². The highest BCUT2D eigenvalue weighted by Gasteiger charge is 2.19. The van der Waals surface area contributed by atoms with E-state index in [4.69, 9.17) is 0 Å². The highest BCUT2D eigenvalue weighted by Crippen LogP contribution is 2.30. The van der Waals surface area contributed by atoms with Crippen molar-refractivity contribution in [3.63, 3.8) is 0 Å². The highest BCUT2D eigenvalue weighted by atomic mass is 32.2. The van der Waals surface area contributed by atoms with Gasteiger partial charge in [-0.25, -0.2) is 14.2 Å². The fourth-order valence-electron chi connectivity index (χ4n) is 1.85. The van der Waals surface area contributed by atoms with Gasteiger partial charge in [0, 0.05) is 11.1 Å². The molecule has 0 saturated carbocycles. The third kappa shape index (κ3) is 2.25. The van der Waals surface area contributed by atoms with Gasteiger partial charge in [0.15, 0.2) is 5.69 Å². The van der Waals surface area contributed by atoms with Crippen LogP contribution in [0.1, 0.15) is 10.5 Å². The lowest BCUT2D eigenvalue weighted by molar-refractivity contribution is 0.0685. The summed E-state index contributed by atoms with van der Waals surface area (Å²) in [7, 11) is 0. The van der Waals surface area contributed by atoms with E-state index in [-0.39, 0.29) is 11.5 Å². The molecule has 4 nitrogen and oxygen atoms in total. The summed E-state index contributed by atoms with van der Waals surface area (Å²) in [5.74, 6) is -1.38. The molecule has 0 aliphatic heterocycles. The molecule has 1 aromatic carbocycles. The quantitative estimate of drug-likeness (QED) is 0.803. The number of nitrogens with zero attached hydrogens (tertiary/aromatic N) is 2. The predicted octanol–water partition coefficient (Wildman–Crippen LogP) is 3.32. The predicted molar refractivity (Wildman–Crippen MR) is 72.7 cm³/mol. The molecule has 0 bridgehead atoms. The zero-order valence-electron chi connectivity index (χ0n) is 10.2. The summed E-state index contributed by atoms with van der Waals surface area (Å²) in [4.78, 5) is 16.4. The Balaban J connectivity index is 2.08. The minimum absolute atomic E-state index is 0.106. The van der Waals surface area contributed by atoms with Crippen LogP contribution in [0.15, 0.2) is 58.6 Å². The largest absolute Gasteiger partial charge is 0.476 e. The summed E-state index contributed by atoms with van der Waals surface area (Å²) in [6.45, 7) is 0. The molecule has 6 heteroatoms. The van der Waals surface area contributed by atoms with Gasteiger partial charge in [-0.15, -0.1) is 0 Å². The number of aromatic nitrogens is 2. The number of rotatable bonds is 3. The molecule has 0 saturated heterocycles. The highest BCUT2D eigenvalue weighted by molar-refractivity contribution is 7.99. The van der Waals surface area contributed by atoms with E-state index in [9.17, 15) is 14.3 Å². The molecule has 1 N–H and O–H groups in total. The first-order valence-corrected chi connectivity index (χ1v) is 6.60. The Morgan fingerprint density at radius 1 is 1.20 bits per heavy atom. The maximum absolute atomic E-state index is 12.9. The molecule has 0 spiro atoms. The Kier molecular flexibility index (Phi) is 3.15. The van der Waals surface area contributed by atoms with E-state index >= 15 is 0 Å². The number of hydrogen-bond acceptors (Lipinski definition) is 3. The Morgan fingerprint density at radius 3 is 2.65 bits per heavy atom. The van der Waals surface area contributed by atoms with E-state index in [0.29, 0.717) is 10.7 Å². The average molecular weight is 288 g/mol. The monoisotopic (exact) mass is 288 g/mol. The summed E-state index contributed by atoms with van der Waals surface area (Å²) in [6, 6.07) is 11.1. The first-order chi connectivity index (χ1) is 9.65. The molecule has 0 fully saturated rings. The van der Waals surface area contributed by atoms with Crippen LogP contribution in [0.4, 0.5) is 4.39 Å². The molecular weight excluding hydrogens is 279 g/mol. The third-order valence-electron chi connectivity index (χ3n) is 2.73. The maximum Gasteiger partial charge on any atom is 0.355 e. The number of halogens is 1. The van der Waals surface area contributed by atoms with Gasteiger partial charge in [-0.3, -0.25) is 4.40 Å². The number of pyridine rings is 1. The third-order valence-corrected chi connectivity index (χ3v) is 3.71.